The highest BCUT2D eigenvalue weighted by Crippen LogP contribution is 2.67. The van der Waals surface area contributed by atoms with Gasteiger partial charge in [-0.3, -0.25) is 19.4 Å². The van der Waals surface area contributed by atoms with E-state index in [-0.39, 0.29) is 30.1 Å². The first kappa shape index (κ1) is 31.7. The van der Waals surface area contributed by atoms with Crippen LogP contribution < -0.4 is 10.4 Å². The van der Waals surface area contributed by atoms with Gasteiger partial charge < -0.3 is 28.5 Å². The molecule has 0 aromatic carbocycles. The molecule has 0 radical (unpaired) electrons. The molecule has 2 aromatic heterocycles. The van der Waals surface area contributed by atoms with Crippen LogP contribution in [0.5, 0.6) is 5.75 Å². The Kier molecular flexibility index (Phi) is 8.15. The van der Waals surface area contributed by atoms with Crippen molar-refractivity contribution in [3.05, 3.63) is 46.6 Å². The lowest BCUT2D eigenvalue weighted by molar-refractivity contribution is -0.271. The summed E-state index contributed by atoms with van der Waals surface area (Å²) in [4.78, 5) is 54.9. The number of esters is 3. The number of carbonyl (C=O) groups is 3. The van der Waals surface area contributed by atoms with E-state index < -0.39 is 76.0 Å². The van der Waals surface area contributed by atoms with Crippen molar-refractivity contribution in [1.82, 2.24) is 4.98 Å². The lowest BCUT2D eigenvalue weighted by atomic mass is 9.42. The van der Waals surface area contributed by atoms with Crippen molar-refractivity contribution in [2.24, 2.45) is 28.6 Å². The molecule has 0 spiro atoms. The van der Waals surface area contributed by atoms with Gasteiger partial charge in [0, 0.05) is 49.2 Å². The lowest BCUT2D eigenvalue weighted by Crippen LogP contribution is -2.71. The largest absolute Gasteiger partial charge is 0.482 e. The van der Waals surface area contributed by atoms with Crippen LogP contribution in [0.1, 0.15) is 79.4 Å². The van der Waals surface area contributed by atoms with Crippen molar-refractivity contribution in [2.45, 2.75) is 91.6 Å². The quantitative estimate of drug-likeness (QED) is 0.366. The highest BCUT2D eigenvalue weighted by Gasteiger charge is 2.71. The third kappa shape index (κ3) is 5.18. The van der Waals surface area contributed by atoms with Crippen molar-refractivity contribution in [1.29, 1.82) is 0 Å². The Bertz CT molecular complexity index is 1500. The number of ether oxygens (including phenoxy) is 4. The minimum absolute atomic E-state index is 0.0141. The average Bonchev–Trinajstić information content (AvgIpc) is 2.94. The van der Waals surface area contributed by atoms with Gasteiger partial charge in [-0.05, 0) is 49.7 Å². The first-order valence-electron chi connectivity index (χ1n) is 15.1. The molecular formula is C33H41NO10. The van der Waals surface area contributed by atoms with Gasteiger partial charge in [-0.15, -0.1) is 0 Å². The smallest absolute Gasteiger partial charge is 0.345 e. The summed E-state index contributed by atoms with van der Waals surface area (Å²) in [7, 11) is 0. The van der Waals surface area contributed by atoms with E-state index in [0.717, 1.165) is 0 Å². The number of nitrogens with zero attached hydrogens (tertiary/aromatic N) is 1. The van der Waals surface area contributed by atoms with Crippen LogP contribution in [0.3, 0.4) is 0 Å². The summed E-state index contributed by atoms with van der Waals surface area (Å²) in [5.41, 5.74) is -3.12. The van der Waals surface area contributed by atoms with Crippen LogP contribution in [-0.4, -0.2) is 52.4 Å². The molecule has 2 aromatic rings. The number of hydrogen-bond acceptors (Lipinski definition) is 11. The number of aromatic nitrogens is 1. The SMILES string of the molecule is CC(=O)OC[C@@]1(C)C2C[C@H](OC(=O)C(C)C)[C@@]3(C)Oc4cc(-c5cccnc5)oc(=O)c4[C@H](O)C3[C@@]2(C)CC[C@@H]1OC(C)=O. The molecule has 0 bridgehead atoms. The highest BCUT2D eigenvalue weighted by molar-refractivity contribution is 5.72. The lowest BCUT2D eigenvalue weighted by Gasteiger charge is -2.66. The maximum Gasteiger partial charge on any atom is 0.345 e. The molecule has 238 valence electrons. The van der Waals surface area contributed by atoms with E-state index in [1.165, 1.54) is 13.8 Å². The maximum absolute atomic E-state index is 13.5. The van der Waals surface area contributed by atoms with E-state index in [0.29, 0.717) is 18.4 Å². The molecule has 3 heterocycles. The molecule has 2 aliphatic carbocycles. The Hall–Kier alpha value is -3.73. The number of aliphatic hydroxyl groups excluding tert-OH is 1. The number of fused-ring (bicyclic) bond motifs is 4. The fourth-order valence-corrected chi connectivity index (χ4v) is 8.11. The van der Waals surface area contributed by atoms with Crippen LogP contribution in [-0.2, 0) is 28.6 Å². The number of pyridine rings is 1. The van der Waals surface area contributed by atoms with Gasteiger partial charge in [-0.2, -0.15) is 0 Å². The molecule has 8 atom stereocenters. The number of rotatable bonds is 6. The normalized spacial score (nSPS) is 34.1. The summed E-state index contributed by atoms with van der Waals surface area (Å²) in [6.45, 7) is 11.8. The maximum atomic E-state index is 13.5. The van der Waals surface area contributed by atoms with E-state index in [9.17, 15) is 24.3 Å². The first-order valence-corrected chi connectivity index (χ1v) is 15.1. The summed E-state index contributed by atoms with van der Waals surface area (Å²) in [6, 6.07) is 5.02. The van der Waals surface area contributed by atoms with Crippen molar-refractivity contribution in [3.63, 3.8) is 0 Å². The molecule has 11 nitrogen and oxygen atoms in total. The fraction of sp³-hybridized carbons (Fsp3) is 0.606. The standard InChI is InChI=1S/C33H41NO10/c1-17(2)29(38)43-25-14-23-31(5,11-10-24(41-19(4)36)32(23,6)16-40-18(3)35)28-27(37)26-22(44-33(25,28)7)13-21(42-30(26)39)20-9-8-12-34-15-20/h8-9,12-13,15,17,23-25,27-28,37H,10-11,14,16H2,1-7H3/t23?,24-,25-,27-,28?,31-,32-,33+/m0/s1. The minimum atomic E-state index is -1.35. The van der Waals surface area contributed by atoms with E-state index in [2.05, 4.69) is 4.98 Å². The molecule has 2 unspecified atom stereocenters. The van der Waals surface area contributed by atoms with Gasteiger partial charge in [0.05, 0.1) is 12.0 Å². The predicted octanol–water partition coefficient (Wildman–Crippen LogP) is 4.39. The second kappa shape index (κ2) is 11.3. The minimum Gasteiger partial charge on any atom is -0.482 e. The number of carbonyl (C=O) groups excluding carboxylic acids is 3. The number of aliphatic hydroxyl groups is 1. The molecule has 2 fully saturated rings. The van der Waals surface area contributed by atoms with Gasteiger partial charge in [0.1, 0.15) is 41.5 Å². The third-order valence-corrected chi connectivity index (χ3v) is 10.2. The van der Waals surface area contributed by atoms with Gasteiger partial charge in [0.25, 0.3) is 0 Å². The topological polar surface area (TPSA) is 151 Å². The van der Waals surface area contributed by atoms with E-state index in [1.807, 2.05) is 20.8 Å². The summed E-state index contributed by atoms with van der Waals surface area (Å²) < 4.78 is 29.9. The third-order valence-electron chi connectivity index (χ3n) is 10.2. The molecule has 3 aliphatic rings. The average molecular weight is 612 g/mol. The van der Waals surface area contributed by atoms with Crippen LogP contribution in [0, 0.1) is 28.6 Å². The molecule has 0 amide bonds. The Morgan fingerprint density at radius 3 is 2.45 bits per heavy atom. The summed E-state index contributed by atoms with van der Waals surface area (Å²) in [5.74, 6) is -2.61. The second-order valence-corrected chi connectivity index (χ2v) is 13.4. The zero-order chi connectivity index (χ0) is 32.2. The molecule has 1 N–H and O–H groups in total. The van der Waals surface area contributed by atoms with Crippen LogP contribution in [0.4, 0.5) is 0 Å². The van der Waals surface area contributed by atoms with Crippen molar-refractivity contribution in [2.75, 3.05) is 6.61 Å². The van der Waals surface area contributed by atoms with Crippen molar-refractivity contribution in [3.8, 4) is 17.1 Å². The van der Waals surface area contributed by atoms with Crippen LogP contribution >= 0.6 is 0 Å². The molecule has 44 heavy (non-hydrogen) atoms. The van der Waals surface area contributed by atoms with Gasteiger partial charge in [0.2, 0.25) is 0 Å². The van der Waals surface area contributed by atoms with Gasteiger partial charge >= 0.3 is 23.5 Å². The predicted molar refractivity (Wildman–Crippen MR) is 156 cm³/mol. The molecule has 1 aliphatic heterocycles. The van der Waals surface area contributed by atoms with Crippen molar-refractivity contribution >= 4 is 17.9 Å². The zero-order valence-electron chi connectivity index (χ0n) is 26.2. The Morgan fingerprint density at radius 1 is 1.11 bits per heavy atom. The summed E-state index contributed by atoms with van der Waals surface area (Å²) >= 11 is 0. The molecule has 11 heteroatoms. The molecule has 0 saturated heterocycles. The summed E-state index contributed by atoms with van der Waals surface area (Å²) in [5, 5.41) is 12.2. The first-order chi connectivity index (χ1) is 20.6. The second-order valence-electron chi connectivity index (χ2n) is 13.4. The Labute approximate surface area is 256 Å². The van der Waals surface area contributed by atoms with Gasteiger partial charge in [-0.1, -0.05) is 27.7 Å². The summed E-state index contributed by atoms with van der Waals surface area (Å²) in [6.07, 6.45) is 1.51. The van der Waals surface area contributed by atoms with Gasteiger partial charge in [0.15, 0.2) is 0 Å². The van der Waals surface area contributed by atoms with E-state index in [4.69, 9.17) is 23.4 Å². The monoisotopic (exact) mass is 611 g/mol. The molecule has 2 saturated carbocycles. The Balaban J connectivity index is 1.68. The highest BCUT2D eigenvalue weighted by atomic mass is 16.6. The Morgan fingerprint density at radius 2 is 1.84 bits per heavy atom. The van der Waals surface area contributed by atoms with E-state index >= 15 is 0 Å². The van der Waals surface area contributed by atoms with E-state index in [1.54, 1.807) is 44.4 Å². The van der Waals surface area contributed by atoms with Crippen molar-refractivity contribution < 1.29 is 42.9 Å². The van der Waals surface area contributed by atoms with Gasteiger partial charge in [-0.25, -0.2) is 4.79 Å². The molecule has 5 rings (SSSR count). The molecular weight excluding hydrogens is 570 g/mol. The zero-order valence-corrected chi connectivity index (χ0v) is 26.2. The number of hydrogen-bond donors (Lipinski definition) is 1. The van der Waals surface area contributed by atoms with Crippen LogP contribution in [0.25, 0.3) is 11.3 Å². The fourth-order valence-electron chi connectivity index (χ4n) is 8.11. The van der Waals surface area contributed by atoms with Crippen LogP contribution in [0.2, 0.25) is 0 Å². The van der Waals surface area contributed by atoms with Crippen LogP contribution in [0.15, 0.2) is 39.8 Å².